The van der Waals surface area contributed by atoms with E-state index in [0.29, 0.717) is 33.8 Å². The molecule has 4 rings (SSSR count). The zero-order chi connectivity index (χ0) is 26.0. The lowest BCUT2D eigenvalue weighted by atomic mass is 9.75. The Morgan fingerprint density at radius 1 is 0.972 bits per heavy atom. The Morgan fingerprint density at radius 2 is 1.64 bits per heavy atom. The van der Waals surface area contributed by atoms with Crippen LogP contribution in [0.3, 0.4) is 0 Å². The summed E-state index contributed by atoms with van der Waals surface area (Å²) in [5, 5.41) is 0. The highest BCUT2D eigenvalue weighted by molar-refractivity contribution is 6.21. The number of hydrogen-bond donors (Lipinski definition) is 0. The first kappa shape index (κ1) is 24.8. The largest absolute Gasteiger partial charge is 0.497 e. The Labute approximate surface area is 208 Å². The molecule has 0 saturated heterocycles. The number of carbonyl (C=O) groups excluding carboxylic acids is 4. The summed E-state index contributed by atoms with van der Waals surface area (Å²) in [6.45, 7) is 3.07. The molecule has 2 aromatic carbocycles. The maximum atomic E-state index is 13.3. The highest BCUT2D eigenvalue weighted by Crippen LogP contribution is 2.41. The normalized spacial score (nSPS) is 19.1. The third-order valence-electron chi connectivity index (χ3n) is 6.38. The van der Waals surface area contributed by atoms with E-state index < -0.39 is 35.6 Å². The van der Waals surface area contributed by atoms with Gasteiger partial charge in [0, 0.05) is 17.3 Å². The van der Waals surface area contributed by atoms with Crippen LogP contribution in [0.25, 0.3) is 0 Å². The second kappa shape index (κ2) is 10.2. The van der Waals surface area contributed by atoms with Gasteiger partial charge in [0.15, 0.2) is 0 Å². The van der Waals surface area contributed by atoms with Gasteiger partial charge in [0.2, 0.25) is 0 Å². The summed E-state index contributed by atoms with van der Waals surface area (Å²) in [4.78, 5) is 56.8. The smallest absolute Gasteiger partial charge is 0.336 e. The molecule has 2 aromatic rings. The molecule has 0 radical (unpaired) electrons. The molecule has 2 heterocycles. The van der Waals surface area contributed by atoms with Crippen LogP contribution in [0.4, 0.5) is 0 Å². The van der Waals surface area contributed by atoms with E-state index in [2.05, 4.69) is 4.99 Å². The van der Waals surface area contributed by atoms with E-state index in [1.165, 1.54) is 14.2 Å². The summed E-state index contributed by atoms with van der Waals surface area (Å²) in [6.07, 6.45) is 0. The van der Waals surface area contributed by atoms with Gasteiger partial charge in [0.25, 0.3) is 11.8 Å². The number of allylic oxidation sites excluding steroid dienone is 1. The highest BCUT2D eigenvalue weighted by Gasteiger charge is 2.42. The van der Waals surface area contributed by atoms with Crippen LogP contribution in [0, 0.1) is 5.92 Å². The van der Waals surface area contributed by atoms with Crippen molar-refractivity contribution in [1.29, 1.82) is 0 Å². The van der Waals surface area contributed by atoms with Crippen molar-refractivity contribution in [2.24, 2.45) is 10.9 Å². The molecule has 0 aliphatic carbocycles. The molecule has 9 nitrogen and oxygen atoms in total. The van der Waals surface area contributed by atoms with Crippen LogP contribution in [0.5, 0.6) is 5.75 Å². The number of methoxy groups -OCH3 is 2. The monoisotopic (exact) mass is 490 g/mol. The summed E-state index contributed by atoms with van der Waals surface area (Å²) >= 11 is 0. The van der Waals surface area contributed by atoms with Gasteiger partial charge in [0.1, 0.15) is 18.3 Å². The lowest BCUT2D eigenvalue weighted by Gasteiger charge is -2.31. The second-order valence-corrected chi connectivity index (χ2v) is 8.45. The van der Waals surface area contributed by atoms with Crippen molar-refractivity contribution in [1.82, 2.24) is 4.90 Å². The molecule has 2 unspecified atom stereocenters. The summed E-state index contributed by atoms with van der Waals surface area (Å²) in [6, 6.07) is 13.6. The number of amides is 2. The van der Waals surface area contributed by atoms with E-state index in [1.807, 2.05) is 0 Å². The first-order valence-corrected chi connectivity index (χ1v) is 11.4. The molecule has 2 aliphatic rings. The Balaban J connectivity index is 1.58. The fraction of sp³-hybridized carbons (Fsp3) is 0.296. The van der Waals surface area contributed by atoms with E-state index in [9.17, 15) is 19.2 Å². The minimum atomic E-state index is -0.843. The molecule has 186 valence electrons. The van der Waals surface area contributed by atoms with Crippen LogP contribution in [-0.2, 0) is 19.1 Å². The maximum Gasteiger partial charge on any atom is 0.336 e. The standard InChI is InChI=1S/C27H26N2O7/c1-15-21(26(32)35-4)23(17-8-7-9-18(14-17)34-3)22(16(2)28-15)27(33)36-13-12-29-24(30)19-10-5-6-11-20(19)25(29)31/h5-11,14,21,23H,12-13H2,1-4H3. The van der Waals surface area contributed by atoms with Crippen molar-refractivity contribution in [3.63, 3.8) is 0 Å². The zero-order valence-corrected chi connectivity index (χ0v) is 20.4. The third-order valence-corrected chi connectivity index (χ3v) is 6.38. The van der Waals surface area contributed by atoms with Crippen LogP contribution >= 0.6 is 0 Å². The Hall–Kier alpha value is -4.27. The number of benzene rings is 2. The SMILES string of the molecule is COC(=O)C1C(C)=NC(C)=C(C(=O)OCCN2C(=O)c3ccccc3C2=O)C1c1cccc(OC)c1. The van der Waals surface area contributed by atoms with Gasteiger partial charge >= 0.3 is 11.9 Å². The number of rotatable bonds is 7. The number of aliphatic imine (C=N–C) groups is 1. The summed E-state index contributed by atoms with van der Waals surface area (Å²) in [5.74, 6) is -3.09. The predicted molar refractivity (Wildman–Crippen MR) is 130 cm³/mol. The van der Waals surface area contributed by atoms with Crippen molar-refractivity contribution in [3.8, 4) is 5.75 Å². The number of nitrogens with zero attached hydrogens (tertiary/aromatic N) is 2. The lowest BCUT2D eigenvalue weighted by Crippen LogP contribution is -2.37. The predicted octanol–water partition coefficient (Wildman–Crippen LogP) is 3.16. The third kappa shape index (κ3) is 4.39. The van der Waals surface area contributed by atoms with E-state index in [1.54, 1.807) is 62.4 Å². The summed E-state index contributed by atoms with van der Waals surface area (Å²) < 4.78 is 15.9. The molecular formula is C27H26N2O7. The van der Waals surface area contributed by atoms with Crippen molar-refractivity contribution in [2.75, 3.05) is 27.4 Å². The minimum absolute atomic E-state index is 0.100. The second-order valence-electron chi connectivity index (χ2n) is 8.45. The first-order valence-electron chi connectivity index (χ1n) is 11.4. The zero-order valence-electron chi connectivity index (χ0n) is 20.4. The fourth-order valence-electron chi connectivity index (χ4n) is 4.68. The average Bonchev–Trinajstić information content (AvgIpc) is 3.12. The number of fused-ring (bicyclic) bond motifs is 1. The molecule has 2 aliphatic heterocycles. The van der Waals surface area contributed by atoms with Gasteiger partial charge in [-0.1, -0.05) is 24.3 Å². The molecule has 2 amide bonds. The lowest BCUT2D eigenvalue weighted by molar-refractivity contribution is -0.144. The summed E-state index contributed by atoms with van der Waals surface area (Å²) in [5.41, 5.74) is 2.42. The van der Waals surface area contributed by atoms with Crippen molar-refractivity contribution in [2.45, 2.75) is 19.8 Å². The Morgan fingerprint density at radius 3 is 2.25 bits per heavy atom. The summed E-state index contributed by atoms with van der Waals surface area (Å²) in [7, 11) is 2.81. The molecule has 36 heavy (non-hydrogen) atoms. The maximum absolute atomic E-state index is 13.3. The molecule has 0 spiro atoms. The van der Waals surface area contributed by atoms with E-state index in [4.69, 9.17) is 14.2 Å². The topological polar surface area (TPSA) is 112 Å². The van der Waals surface area contributed by atoms with Gasteiger partial charge in [-0.2, -0.15) is 0 Å². The average molecular weight is 491 g/mol. The van der Waals surface area contributed by atoms with Crippen LogP contribution in [0.15, 0.2) is 64.8 Å². The number of hydrogen-bond acceptors (Lipinski definition) is 8. The molecular weight excluding hydrogens is 464 g/mol. The van der Waals surface area contributed by atoms with Crippen LogP contribution in [0.2, 0.25) is 0 Å². The molecule has 9 heteroatoms. The van der Waals surface area contributed by atoms with E-state index in [-0.39, 0.29) is 18.7 Å². The van der Waals surface area contributed by atoms with Gasteiger partial charge in [-0.3, -0.25) is 24.3 Å². The first-order chi connectivity index (χ1) is 17.3. The van der Waals surface area contributed by atoms with Gasteiger partial charge in [-0.25, -0.2) is 4.79 Å². The molecule has 0 aromatic heterocycles. The van der Waals surface area contributed by atoms with Gasteiger partial charge in [0.05, 0.1) is 37.5 Å². The molecule has 0 bridgehead atoms. The van der Waals surface area contributed by atoms with Crippen molar-refractivity contribution in [3.05, 3.63) is 76.5 Å². The van der Waals surface area contributed by atoms with Crippen LogP contribution in [-0.4, -0.2) is 61.7 Å². The number of carbonyl (C=O) groups is 4. The minimum Gasteiger partial charge on any atom is -0.497 e. The quantitative estimate of drug-likeness (QED) is 0.433. The fourth-order valence-corrected chi connectivity index (χ4v) is 4.68. The van der Waals surface area contributed by atoms with Crippen molar-refractivity contribution >= 4 is 29.5 Å². The van der Waals surface area contributed by atoms with Crippen molar-refractivity contribution < 1.29 is 33.4 Å². The van der Waals surface area contributed by atoms with Gasteiger partial charge in [-0.15, -0.1) is 0 Å². The molecule has 2 atom stereocenters. The molecule has 0 fully saturated rings. The van der Waals surface area contributed by atoms with Gasteiger partial charge < -0.3 is 14.2 Å². The van der Waals surface area contributed by atoms with E-state index in [0.717, 1.165) is 4.90 Å². The molecule has 0 saturated carbocycles. The van der Waals surface area contributed by atoms with E-state index >= 15 is 0 Å². The number of ether oxygens (including phenoxy) is 3. The van der Waals surface area contributed by atoms with Crippen LogP contribution < -0.4 is 4.74 Å². The Kier molecular flexibility index (Phi) is 7.00. The van der Waals surface area contributed by atoms with Crippen LogP contribution in [0.1, 0.15) is 46.0 Å². The van der Waals surface area contributed by atoms with Gasteiger partial charge in [-0.05, 0) is 43.7 Å². The number of esters is 2. The molecule has 0 N–H and O–H groups in total. The Bertz CT molecular complexity index is 1280. The highest BCUT2D eigenvalue weighted by atomic mass is 16.5. The number of imide groups is 1.